The number of nitriles is 2. The fraction of sp³-hybridized carbons (Fsp3) is 0.100. The Morgan fingerprint density at radius 3 is 2.26 bits per heavy atom. The monoisotopic (exact) mass is 373 g/mol. The van der Waals surface area contributed by atoms with Crippen LogP contribution in [0, 0.1) is 22.7 Å². The molecular formula is C20H15N5OS. The van der Waals surface area contributed by atoms with Gasteiger partial charge in [0.05, 0.1) is 35.4 Å². The molecule has 1 aromatic heterocycles. The van der Waals surface area contributed by atoms with Gasteiger partial charge < -0.3 is 9.88 Å². The lowest BCUT2D eigenvalue weighted by Crippen LogP contribution is -2.19. The number of aromatic nitrogens is 1. The van der Waals surface area contributed by atoms with E-state index in [1.165, 1.54) is 11.3 Å². The molecule has 0 saturated heterocycles. The molecule has 7 heteroatoms. The molecule has 1 amide bonds. The predicted octanol–water partition coefficient (Wildman–Crippen LogP) is 3.24. The minimum atomic E-state index is -0.141. The molecule has 1 heterocycles. The molecule has 3 aromatic rings. The van der Waals surface area contributed by atoms with Crippen molar-refractivity contribution in [2.75, 3.05) is 5.32 Å². The summed E-state index contributed by atoms with van der Waals surface area (Å²) < 4.78 is 1.88. The van der Waals surface area contributed by atoms with E-state index in [9.17, 15) is 4.79 Å². The first-order valence-corrected chi connectivity index (χ1v) is 8.95. The molecule has 0 spiro atoms. The average Bonchev–Trinajstić information content (AvgIpc) is 3.02. The second-order valence-electron chi connectivity index (χ2n) is 5.75. The Morgan fingerprint density at radius 1 is 1.07 bits per heavy atom. The van der Waals surface area contributed by atoms with Crippen LogP contribution < -0.4 is 10.1 Å². The van der Waals surface area contributed by atoms with Crippen molar-refractivity contribution >= 4 is 28.6 Å². The zero-order valence-electron chi connectivity index (χ0n) is 14.5. The summed E-state index contributed by atoms with van der Waals surface area (Å²) >= 11 is 1.45. The van der Waals surface area contributed by atoms with Gasteiger partial charge in [-0.1, -0.05) is 0 Å². The molecule has 0 aliphatic heterocycles. The van der Waals surface area contributed by atoms with Gasteiger partial charge in [-0.25, -0.2) is 4.99 Å². The number of carbonyl (C=O) groups is 1. The lowest BCUT2D eigenvalue weighted by Gasteiger charge is -2.06. The number of nitrogens with zero attached hydrogens (tertiary/aromatic N) is 4. The van der Waals surface area contributed by atoms with Gasteiger partial charge in [0.25, 0.3) is 0 Å². The van der Waals surface area contributed by atoms with Gasteiger partial charge in [-0.2, -0.15) is 10.5 Å². The Morgan fingerprint density at radius 2 is 1.67 bits per heavy atom. The molecule has 132 valence electrons. The fourth-order valence-corrected chi connectivity index (χ4v) is 3.30. The second kappa shape index (κ2) is 8.13. The summed E-state index contributed by atoms with van der Waals surface area (Å²) in [6, 6.07) is 17.9. The van der Waals surface area contributed by atoms with E-state index in [1.807, 2.05) is 23.1 Å². The Labute approximate surface area is 160 Å². The Kier molecular flexibility index (Phi) is 5.46. The van der Waals surface area contributed by atoms with Crippen LogP contribution in [-0.4, -0.2) is 10.5 Å². The summed E-state index contributed by atoms with van der Waals surface area (Å²) in [5.74, 6) is -0.141. The van der Waals surface area contributed by atoms with Gasteiger partial charge in [-0.05, 0) is 48.5 Å². The van der Waals surface area contributed by atoms with E-state index in [-0.39, 0.29) is 12.3 Å². The molecule has 0 atom stereocenters. The maximum absolute atomic E-state index is 12.3. The minimum Gasteiger partial charge on any atom is -0.326 e. The van der Waals surface area contributed by atoms with E-state index in [1.54, 1.807) is 48.5 Å². The number of amides is 1. The largest absolute Gasteiger partial charge is 0.326 e. The summed E-state index contributed by atoms with van der Waals surface area (Å²) in [6.07, 6.45) is 0.218. The van der Waals surface area contributed by atoms with Crippen LogP contribution in [0.5, 0.6) is 0 Å². The Hall–Kier alpha value is -3.68. The highest BCUT2D eigenvalue weighted by Gasteiger charge is 2.09. The summed E-state index contributed by atoms with van der Waals surface area (Å²) in [4.78, 5) is 17.6. The molecule has 0 unspecified atom stereocenters. The molecule has 0 aliphatic rings. The maximum atomic E-state index is 12.3. The molecule has 0 radical (unpaired) electrons. The number of thiazole rings is 1. The molecule has 6 nitrogen and oxygen atoms in total. The highest BCUT2D eigenvalue weighted by molar-refractivity contribution is 7.07. The summed E-state index contributed by atoms with van der Waals surface area (Å²) in [6.45, 7) is 0. The molecule has 0 bridgehead atoms. The molecule has 1 N–H and O–H groups in total. The van der Waals surface area contributed by atoms with E-state index < -0.39 is 0 Å². The number of hydrogen-bond acceptors (Lipinski definition) is 5. The predicted molar refractivity (Wildman–Crippen MR) is 103 cm³/mol. The highest BCUT2D eigenvalue weighted by Crippen LogP contribution is 2.13. The van der Waals surface area contributed by atoms with Crippen molar-refractivity contribution in [2.24, 2.45) is 12.0 Å². The first-order valence-electron chi connectivity index (χ1n) is 8.07. The Bertz CT molecular complexity index is 1110. The highest BCUT2D eigenvalue weighted by atomic mass is 32.1. The van der Waals surface area contributed by atoms with E-state index in [0.717, 1.165) is 16.2 Å². The standard InChI is InChI=1S/C20H15N5OS/c1-25-18(10-19(26)23-16-6-2-14(11-21)3-7-16)13-27-20(25)24-17-8-4-15(12-22)5-9-17/h2-9,13H,10H2,1H3,(H,23,26). The van der Waals surface area contributed by atoms with Crippen LogP contribution in [0.1, 0.15) is 16.8 Å². The van der Waals surface area contributed by atoms with Gasteiger partial charge in [0, 0.05) is 23.8 Å². The lowest BCUT2D eigenvalue weighted by molar-refractivity contribution is -0.115. The third-order valence-electron chi connectivity index (χ3n) is 3.88. The number of benzene rings is 2. The molecule has 0 fully saturated rings. The van der Waals surface area contributed by atoms with Crippen molar-refractivity contribution in [3.8, 4) is 12.1 Å². The second-order valence-corrected chi connectivity index (χ2v) is 6.59. The van der Waals surface area contributed by atoms with Crippen LogP contribution in [0.2, 0.25) is 0 Å². The lowest BCUT2D eigenvalue weighted by atomic mass is 10.2. The maximum Gasteiger partial charge on any atom is 0.230 e. The van der Waals surface area contributed by atoms with Gasteiger partial charge in [-0.15, -0.1) is 11.3 Å². The fourth-order valence-electron chi connectivity index (χ4n) is 2.38. The summed E-state index contributed by atoms with van der Waals surface area (Å²) in [7, 11) is 1.86. The van der Waals surface area contributed by atoms with Gasteiger partial charge in [0.2, 0.25) is 5.91 Å². The van der Waals surface area contributed by atoms with E-state index in [4.69, 9.17) is 10.5 Å². The van der Waals surface area contributed by atoms with Crippen molar-refractivity contribution in [3.05, 3.63) is 75.5 Å². The van der Waals surface area contributed by atoms with Gasteiger partial charge in [-0.3, -0.25) is 4.79 Å². The first kappa shape index (κ1) is 18.1. The third kappa shape index (κ3) is 4.49. The SMILES string of the molecule is Cn1c(CC(=O)Nc2ccc(C#N)cc2)csc1=Nc1ccc(C#N)cc1. The van der Waals surface area contributed by atoms with Gasteiger partial charge >= 0.3 is 0 Å². The van der Waals surface area contributed by atoms with Crippen LogP contribution in [0.3, 0.4) is 0 Å². The van der Waals surface area contributed by atoms with Gasteiger partial charge in [0.1, 0.15) is 0 Å². The van der Waals surface area contributed by atoms with E-state index in [0.29, 0.717) is 16.8 Å². The van der Waals surface area contributed by atoms with Crippen LogP contribution in [0.25, 0.3) is 0 Å². The molecule has 3 rings (SSSR count). The normalized spacial score (nSPS) is 10.9. The molecule has 0 aliphatic carbocycles. The summed E-state index contributed by atoms with van der Waals surface area (Å²) in [5, 5.41) is 22.4. The third-order valence-corrected chi connectivity index (χ3v) is 4.84. The van der Waals surface area contributed by atoms with Crippen LogP contribution in [0.15, 0.2) is 58.9 Å². The number of anilines is 1. The summed E-state index contributed by atoms with van der Waals surface area (Å²) in [5.41, 5.74) is 3.38. The topological polar surface area (TPSA) is 94.0 Å². The van der Waals surface area contributed by atoms with Gasteiger partial charge in [0.15, 0.2) is 4.80 Å². The quantitative estimate of drug-likeness (QED) is 0.760. The van der Waals surface area contributed by atoms with Crippen LogP contribution in [-0.2, 0) is 18.3 Å². The first-order chi connectivity index (χ1) is 13.1. The van der Waals surface area contributed by atoms with Crippen molar-refractivity contribution in [1.82, 2.24) is 4.57 Å². The number of carbonyl (C=O) groups excluding carboxylic acids is 1. The molecule has 2 aromatic carbocycles. The zero-order valence-corrected chi connectivity index (χ0v) is 15.3. The number of hydrogen-bond donors (Lipinski definition) is 1. The van der Waals surface area contributed by atoms with E-state index >= 15 is 0 Å². The molecule has 0 saturated carbocycles. The van der Waals surface area contributed by atoms with Crippen LogP contribution >= 0.6 is 11.3 Å². The average molecular weight is 373 g/mol. The smallest absolute Gasteiger partial charge is 0.230 e. The zero-order chi connectivity index (χ0) is 19.2. The minimum absolute atomic E-state index is 0.141. The van der Waals surface area contributed by atoms with Crippen molar-refractivity contribution in [3.63, 3.8) is 0 Å². The Balaban J connectivity index is 1.72. The van der Waals surface area contributed by atoms with Crippen LogP contribution in [0.4, 0.5) is 11.4 Å². The number of nitrogens with one attached hydrogen (secondary N) is 1. The van der Waals surface area contributed by atoms with Crippen molar-refractivity contribution in [2.45, 2.75) is 6.42 Å². The molecular weight excluding hydrogens is 358 g/mol. The number of rotatable bonds is 4. The molecule has 27 heavy (non-hydrogen) atoms. The van der Waals surface area contributed by atoms with E-state index in [2.05, 4.69) is 16.4 Å². The van der Waals surface area contributed by atoms with Crippen molar-refractivity contribution < 1.29 is 4.79 Å². The van der Waals surface area contributed by atoms with Crippen molar-refractivity contribution in [1.29, 1.82) is 10.5 Å².